The number of ether oxygens (including phenoxy) is 1. The summed E-state index contributed by atoms with van der Waals surface area (Å²) in [4.78, 5) is 4.26. The molecule has 1 aromatic heterocycles. The van der Waals surface area contributed by atoms with Crippen LogP contribution < -0.4 is 21.5 Å². The quantitative estimate of drug-likeness (QED) is 0.728. The monoisotopic (exact) mass is 272 g/mol. The molecule has 106 valence electrons. The smallest absolute Gasteiger partial charge is 0.218 e. The maximum Gasteiger partial charge on any atom is 0.218 e. The molecule has 2 rings (SSSR count). The number of nitrogens with one attached hydrogen (secondary N) is 1. The number of anilines is 3. The molecule has 2 aromatic rings. The van der Waals surface area contributed by atoms with Crippen molar-refractivity contribution in [1.29, 1.82) is 0 Å². The van der Waals surface area contributed by atoms with Crippen LogP contribution in [0.25, 0.3) is 0 Å². The molecule has 20 heavy (non-hydrogen) atoms. The Morgan fingerprint density at radius 3 is 2.70 bits per heavy atom. The number of benzene rings is 1. The second kappa shape index (κ2) is 6.14. The standard InChI is InChI=1S/C15H20N4O/c1-10(2)20-15-11(4-3-7-18-15)9-19-12-5-6-13(16)14(17)8-12/h3-8,10,19H,9,16-17H2,1-2H3. The summed E-state index contributed by atoms with van der Waals surface area (Å²) in [5.41, 5.74) is 14.5. The molecule has 0 saturated carbocycles. The second-order valence-electron chi connectivity index (χ2n) is 4.83. The normalized spacial score (nSPS) is 10.6. The van der Waals surface area contributed by atoms with E-state index in [1.807, 2.05) is 38.1 Å². The predicted octanol–water partition coefficient (Wildman–Crippen LogP) is 2.65. The topological polar surface area (TPSA) is 86.2 Å². The molecule has 5 nitrogen and oxygen atoms in total. The predicted molar refractivity (Wildman–Crippen MR) is 82.6 cm³/mol. The zero-order chi connectivity index (χ0) is 14.5. The van der Waals surface area contributed by atoms with Gasteiger partial charge in [-0.25, -0.2) is 4.98 Å². The molecule has 0 aliphatic rings. The summed E-state index contributed by atoms with van der Waals surface area (Å²) in [6, 6.07) is 9.37. The summed E-state index contributed by atoms with van der Waals surface area (Å²) in [6.45, 7) is 4.57. The molecule has 0 amide bonds. The largest absolute Gasteiger partial charge is 0.475 e. The van der Waals surface area contributed by atoms with Crippen LogP contribution in [0.5, 0.6) is 5.88 Å². The van der Waals surface area contributed by atoms with Crippen LogP contribution in [0.2, 0.25) is 0 Å². The van der Waals surface area contributed by atoms with E-state index < -0.39 is 0 Å². The van der Waals surface area contributed by atoms with Gasteiger partial charge in [-0.2, -0.15) is 0 Å². The number of hydrogen-bond acceptors (Lipinski definition) is 5. The van der Waals surface area contributed by atoms with Crippen LogP contribution in [0.4, 0.5) is 17.1 Å². The number of pyridine rings is 1. The van der Waals surface area contributed by atoms with E-state index in [4.69, 9.17) is 16.2 Å². The first-order valence-corrected chi connectivity index (χ1v) is 6.55. The third kappa shape index (κ3) is 3.54. The molecular weight excluding hydrogens is 252 g/mol. The Bertz CT molecular complexity index is 584. The van der Waals surface area contributed by atoms with Gasteiger partial charge in [0.1, 0.15) is 0 Å². The summed E-state index contributed by atoms with van der Waals surface area (Å²) < 4.78 is 5.68. The first-order chi connectivity index (χ1) is 9.56. The number of nitrogens with zero attached hydrogens (tertiary/aromatic N) is 1. The highest BCUT2D eigenvalue weighted by atomic mass is 16.5. The fraction of sp³-hybridized carbons (Fsp3) is 0.267. The first kappa shape index (κ1) is 14.0. The third-order valence-electron chi connectivity index (χ3n) is 2.77. The Morgan fingerprint density at radius 1 is 1.20 bits per heavy atom. The van der Waals surface area contributed by atoms with Crippen molar-refractivity contribution in [1.82, 2.24) is 4.98 Å². The molecular formula is C15H20N4O. The van der Waals surface area contributed by atoms with E-state index in [0.717, 1.165) is 11.3 Å². The molecule has 1 aromatic carbocycles. The van der Waals surface area contributed by atoms with Crippen molar-refractivity contribution in [2.45, 2.75) is 26.5 Å². The average Bonchev–Trinajstić information content (AvgIpc) is 2.41. The third-order valence-corrected chi connectivity index (χ3v) is 2.77. The zero-order valence-corrected chi connectivity index (χ0v) is 11.8. The Hall–Kier alpha value is -2.43. The van der Waals surface area contributed by atoms with E-state index >= 15 is 0 Å². The number of hydrogen-bond donors (Lipinski definition) is 3. The molecule has 0 spiro atoms. The maximum absolute atomic E-state index is 5.78. The first-order valence-electron chi connectivity index (χ1n) is 6.55. The minimum atomic E-state index is 0.0934. The minimum Gasteiger partial charge on any atom is -0.475 e. The number of aromatic nitrogens is 1. The maximum atomic E-state index is 5.78. The highest BCUT2D eigenvalue weighted by molar-refractivity contribution is 5.69. The molecule has 5 heteroatoms. The van der Waals surface area contributed by atoms with Crippen molar-refractivity contribution in [3.05, 3.63) is 42.1 Å². The Labute approximate surface area is 119 Å². The van der Waals surface area contributed by atoms with Crippen LogP contribution in [0.15, 0.2) is 36.5 Å². The number of nitrogens with two attached hydrogens (primary N) is 2. The molecule has 0 fully saturated rings. The van der Waals surface area contributed by atoms with E-state index in [2.05, 4.69) is 10.3 Å². The zero-order valence-electron chi connectivity index (χ0n) is 11.8. The lowest BCUT2D eigenvalue weighted by molar-refractivity contribution is 0.230. The fourth-order valence-corrected chi connectivity index (χ4v) is 1.77. The molecule has 5 N–H and O–H groups in total. The van der Waals surface area contributed by atoms with Gasteiger partial charge in [0.15, 0.2) is 0 Å². The van der Waals surface area contributed by atoms with E-state index in [1.165, 1.54) is 0 Å². The highest BCUT2D eigenvalue weighted by Crippen LogP contribution is 2.22. The van der Waals surface area contributed by atoms with Crippen molar-refractivity contribution in [3.63, 3.8) is 0 Å². The Morgan fingerprint density at radius 2 is 2.00 bits per heavy atom. The van der Waals surface area contributed by atoms with Crippen LogP contribution in [0.1, 0.15) is 19.4 Å². The van der Waals surface area contributed by atoms with Crippen molar-refractivity contribution < 1.29 is 4.74 Å². The molecule has 0 radical (unpaired) electrons. The molecule has 0 saturated heterocycles. The molecule has 1 heterocycles. The van der Waals surface area contributed by atoms with Crippen molar-refractivity contribution in [3.8, 4) is 5.88 Å². The highest BCUT2D eigenvalue weighted by Gasteiger charge is 2.06. The lowest BCUT2D eigenvalue weighted by Crippen LogP contribution is -2.10. The van der Waals surface area contributed by atoms with Gasteiger partial charge in [-0.1, -0.05) is 6.07 Å². The van der Waals surface area contributed by atoms with E-state index in [9.17, 15) is 0 Å². The summed E-state index contributed by atoms with van der Waals surface area (Å²) in [5.74, 6) is 0.651. The van der Waals surface area contributed by atoms with Gasteiger partial charge in [0.2, 0.25) is 5.88 Å². The van der Waals surface area contributed by atoms with E-state index in [0.29, 0.717) is 23.8 Å². The van der Waals surface area contributed by atoms with Crippen molar-refractivity contribution >= 4 is 17.1 Å². The van der Waals surface area contributed by atoms with Crippen LogP contribution >= 0.6 is 0 Å². The van der Waals surface area contributed by atoms with Gasteiger partial charge in [-0.15, -0.1) is 0 Å². The summed E-state index contributed by atoms with van der Waals surface area (Å²) in [7, 11) is 0. The van der Waals surface area contributed by atoms with Crippen LogP contribution in [0, 0.1) is 0 Å². The molecule has 0 atom stereocenters. The van der Waals surface area contributed by atoms with Crippen molar-refractivity contribution in [2.24, 2.45) is 0 Å². The lowest BCUT2D eigenvalue weighted by Gasteiger charge is -2.14. The van der Waals surface area contributed by atoms with E-state index in [1.54, 1.807) is 12.3 Å². The van der Waals surface area contributed by atoms with Crippen LogP contribution in [-0.2, 0) is 6.54 Å². The molecule has 0 bridgehead atoms. The van der Waals surface area contributed by atoms with Gasteiger partial charge in [0.05, 0.1) is 17.5 Å². The van der Waals surface area contributed by atoms with E-state index in [-0.39, 0.29) is 6.10 Å². The van der Waals surface area contributed by atoms with Gasteiger partial charge >= 0.3 is 0 Å². The summed E-state index contributed by atoms with van der Waals surface area (Å²) in [5, 5.41) is 3.29. The van der Waals surface area contributed by atoms with Crippen molar-refractivity contribution in [2.75, 3.05) is 16.8 Å². The Balaban J connectivity index is 2.08. The van der Waals surface area contributed by atoms with Crippen LogP contribution in [-0.4, -0.2) is 11.1 Å². The van der Waals surface area contributed by atoms with Crippen LogP contribution in [0.3, 0.4) is 0 Å². The summed E-state index contributed by atoms with van der Waals surface area (Å²) >= 11 is 0. The number of nitrogen functional groups attached to an aromatic ring is 2. The minimum absolute atomic E-state index is 0.0934. The average molecular weight is 272 g/mol. The number of rotatable bonds is 5. The lowest BCUT2D eigenvalue weighted by atomic mass is 10.2. The van der Waals surface area contributed by atoms with Gasteiger partial charge in [-0.05, 0) is 38.1 Å². The van der Waals surface area contributed by atoms with Gasteiger partial charge in [0.25, 0.3) is 0 Å². The Kier molecular flexibility index (Phi) is 4.30. The van der Waals surface area contributed by atoms with Gasteiger partial charge in [0, 0.05) is 24.0 Å². The SMILES string of the molecule is CC(C)Oc1ncccc1CNc1ccc(N)c(N)c1. The van der Waals surface area contributed by atoms with Gasteiger partial charge < -0.3 is 21.5 Å². The molecule has 0 aliphatic heterocycles. The van der Waals surface area contributed by atoms with Gasteiger partial charge in [-0.3, -0.25) is 0 Å². The molecule has 0 aliphatic carbocycles. The second-order valence-corrected chi connectivity index (χ2v) is 4.83. The summed E-state index contributed by atoms with van der Waals surface area (Å²) in [6.07, 6.45) is 1.82. The molecule has 0 unspecified atom stereocenters. The fourth-order valence-electron chi connectivity index (χ4n) is 1.77.